The molecular formula is C18H14O7S3. The summed E-state index contributed by atoms with van der Waals surface area (Å²) in [5.74, 6) is 0. The zero-order valence-electron chi connectivity index (χ0n) is 14.1. The van der Waals surface area contributed by atoms with Crippen molar-refractivity contribution in [1.82, 2.24) is 0 Å². The second-order valence-electron chi connectivity index (χ2n) is 5.72. The molecule has 0 bridgehead atoms. The molecule has 0 aromatic heterocycles. The van der Waals surface area contributed by atoms with Crippen LogP contribution in [0.3, 0.4) is 0 Å². The minimum atomic E-state index is -4.93. The van der Waals surface area contributed by atoms with Crippen LogP contribution in [0.5, 0.6) is 0 Å². The third-order valence-electron chi connectivity index (χ3n) is 3.90. The molecule has 0 aliphatic rings. The third-order valence-corrected chi connectivity index (χ3v) is 8.52. The monoisotopic (exact) mass is 438 g/mol. The second kappa shape index (κ2) is 7.13. The van der Waals surface area contributed by atoms with E-state index in [1.165, 1.54) is 48.5 Å². The zero-order valence-corrected chi connectivity index (χ0v) is 16.6. The van der Waals surface area contributed by atoms with Gasteiger partial charge >= 0.3 is 0 Å². The van der Waals surface area contributed by atoms with Crippen LogP contribution >= 0.6 is 0 Å². The number of rotatable bonds is 5. The van der Waals surface area contributed by atoms with Gasteiger partial charge in [-0.25, -0.2) is 16.8 Å². The Morgan fingerprint density at radius 1 is 0.500 bits per heavy atom. The van der Waals surface area contributed by atoms with Gasteiger partial charge in [-0.1, -0.05) is 36.4 Å². The molecule has 0 saturated heterocycles. The maximum absolute atomic E-state index is 12.9. The molecule has 0 spiro atoms. The van der Waals surface area contributed by atoms with Crippen LogP contribution in [0.15, 0.2) is 103 Å². The van der Waals surface area contributed by atoms with E-state index in [2.05, 4.69) is 0 Å². The van der Waals surface area contributed by atoms with E-state index >= 15 is 0 Å². The van der Waals surface area contributed by atoms with Gasteiger partial charge in [-0.2, -0.15) is 8.42 Å². The summed E-state index contributed by atoms with van der Waals surface area (Å²) in [6.45, 7) is 0. The summed E-state index contributed by atoms with van der Waals surface area (Å²) in [4.78, 5) is -2.46. The van der Waals surface area contributed by atoms with E-state index in [4.69, 9.17) is 0 Å². The van der Waals surface area contributed by atoms with E-state index in [1.807, 2.05) is 0 Å². The summed E-state index contributed by atoms with van der Waals surface area (Å²) < 4.78 is 84.4. The highest BCUT2D eigenvalue weighted by Gasteiger charge is 2.30. The Hall–Kier alpha value is -2.53. The van der Waals surface area contributed by atoms with Gasteiger partial charge in [-0.05, 0) is 42.5 Å². The van der Waals surface area contributed by atoms with Crippen molar-refractivity contribution in [1.29, 1.82) is 0 Å². The molecule has 0 saturated carbocycles. The number of sulfone groups is 2. The van der Waals surface area contributed by atoms with Crippen LogP contribution in [-0.2, 0) is 29.8 Å². The topological polar surface area (TPSA) is 123 Å². The van der Waals surface area contributed by atoms with Gasteiger partial charge in [0.05, 0.1) is 19.6 Å². The molecule has 0 atom stereocenters. The Bertz CT molecular complexity index is 1330. The molecular weight excluding hydrogens is 424 g/mol. The minimum Gasteiger partial charge on any atom is -0.282 e. The SMILES string of the molecule is O=S(=O)(O)c1ccc(S(=O)(=O)c2ccccc2)cc1S(=O)(=O)c1ccccc1. The summed E-state index contributed by atoms with van der Waals surface area (Å²) in [5.41, 5.74) is 0. The van der Waals surface area contributed by atoms with Crippen LogP contribution in [-0.4, -0.2) is 29.8 Å². The van der Waals surface area contributed by atoms with Gasteiger partial charge in [-0.15, -0.1) is 0 Å². The molecule has 0 heterocycles. The Morgan fingerprint density at radius 2 is 0.964 bits per heavy atom. The molecule has 0 aliphatic carbocycles. The van der Waals surface area contributed by atoms with Gasteiger partial charge in [0.1, 0.15) is 4.90 Å². The summed E-state index contributed by atoms with van der Waals surface area (Å²) in [6, 6.07) is 16.6. The molecule has 3 rings (SSSR count). The zero-order chi connectivity index (χ0) is 20.6. The molecule has 3 aromatic rings. The van der Waals surface area contributed by atoms with Crippen LogP contribution in [0, 0.1) is 0 Å². The summed E-state index contributed by atoms with van der Waals surface area (Å²) in [5, 5.41) is 0. The lowest BCUT2D eigenvalue weighted by atomic mass is 10.3. The van der Waals surface area contributed by atoms with Gasteiger partial charge < -0.3 is 0 Å². The lowest BCUT2D eigenvalue weighted by Crippen LogP contribution is -2.12. The van der Waals surface area contributed by atoms with E-state index < -0.39 is 44.5 Å². The molecule has 0 aliphatic heterocycles. The van der Waals surface area contributed by atoms with E-state index in [9.17, 15) is 29.8 Å². The number of benzene rings is 3. The first-order valence-corrected chi connectivity index (χ1v) is 12.2. The van der Waals surface area contributed by atoms with E-state index in [0.717, 1.165) is 18.2 Å². The first kappa shape index (κ1) is 20.2. The molecule has 10 heteroatoms. The number of hydrogen-bond donors (Lipinski definition) is 1. The van der Waals surface area contributed by atoms with Gasteiger partial charge in [0, 0.05) is 0 Å². The summed E-state index contributed by atoms with van der Waals surface area (Å²) in [7, 11) is -13.5. The lowest BCUT2D eigenvalue weighted by molar-refractivity contribution is 0.479. The van der Waals surface area contributed by atoms with Crippen LogP contribution in [0.4, 0.5) is 0 Å². The molecule has 28 heavy (non-hydrogen) atoms. The average molecular weight is 439 g/mol. The fourth-order valence-corrected chi connectivity index (χ4v) is 6.51. The average Bonchev–Trinajstić information content (AvgIpc) is 2.68. The first-order chi connectivity index (χ1) is 13.0. The predicted octanol–water partition coefficient (Wildman–Crippen LogP) is 2.60. The van der Waals surface area contributed by atoms with Crippen molar-refractivity contribution in [3.63, 3.8) is 0 Å². The van der Waals surface area contributed by atoms with Crippen LogP contribution in [0.1, 0.15) is 0 Å². The molecule has 3 aromatic carbocycles. The van der Waals surface area contributed by atoms with Crippen LogP contribution in [0.2, 0.25) is 0 Å². The number of hydrogen-bond acceptors (Lipinski definition) is 6. The van der Waals surface area contributed by atoms with Crippen molar-refractivity contribution in [2.75, 3.05) is 0 Å². The highest BCUT2D eigenvalue weighted by atomic mass is 32.2. The predicted molar refractivity (Wildman–Crippen MR) is 100 cm³/mol. The lowest BCUT2D eigenvalue weighted by Gasteiger charge is -2.12. The highest BCUT2D eigenvalue weighted by Crippen LogP contribution is 2.31. The Morgan fingerprint density at radius 3 is 1.43 bits per heavy atom. The van der Waals surface area contributed by atoms with Crippen molar-refractivity contribution < 1.29 is 29.8 Å². The Balaban J connectivity index is 2.31. The summed E-state index contributed by atoms with van der Waals surface area (Å²) in [6.07, 6.45) is 0. The van der Waals surface area contributed by atoms with Gasteiger partial charge in [-0.3, -0.25) is 4.55 Å². The molecule has 146 valence electrons. The van der Waals surface area contributed by atoms with Crippen LogP contribution in [0.25, 0.3) is 0 Å². The summed E-state index contributed by atoms with van der Waals surface area (Å²) >= 11 is 0. The Kier molecular flexibility index (Phi) is 5.15. The van der Waals surface area contributed by atoms with Crippen molar-refractivity contribution in [2.45, 2.75) is 24.5 Å². The molecule has 0 amide bonds. The van der Waals surface area contributed by atoms with Gasteiger partial charge in [0.15, 0.2) is 0 Å². The molecule has 0 unspecified atom stereocenters. The molecule has 0 fully saturated rings. The second-order valence-corrected chi connectivity index (χ2v) is 11.0. The molecule has 0 radical (unpaired) electrons. The normalized spacial score (nSPS) is 12.6. The third kappa shape index (κ3) is 3.72. The van der Waals surface area contributed by atoms with Crippen molar-refractivity contribution in [3.05, 3.63) is 78.9 Å². The van der Waals surface area contributed by atoms with Crippen molar-refractivity contribution in [2.24, 2.45) is 0 Å². The van der Waals surface area contributed by atoms with E-state index in [1.54, 1.807) is 12.1 Å². The standard InChI is InChI=1S/C18H14O7S3/c19-26(20,14-7-3-1-4-8-14)16-11-12-17(28(23,24)25)18(13-16)27(21,22)15-9-5-2-6-10-15/h1-13H,(H,23,24,25). The quantitative estimate of drug-likeness (QED) is 0.607. The fraction of sp³-hybridized carbons (Fsp3) is 0. The fourth-order valence-electron chi connectivity index (χ4n) is 2.54. The first-order valence-electron chi connectivity index (χ1n) is 7.76. The minimum absolute atomic E-state index is 0.0855. The highest BCUT2D eigenvalue weighted by molar-refractivity contribution is 7.93. The smallest absolute Gasteiger partial charge is 0.282 e. The van der Waals surface area contributed by atoms with Gasteiger partial charge in [0.25, 0.3) is 10.1 Å². The molecule has 7 nitrogen and oxygen atoms in total. The van der Waals surface area contributed by atoms with Crippen molar-refractivity contribution >= 4 is 29.8 Å². The van der Waals surface area contributed by atoms with Gasteiger partial charge in [0.2, 0.25) is 19.7 Å². The maximum Gasteiger partial charge on any atom is 0.295 e. The molecule has 1 N–H and O–H groups in total. The van der Waals surface area contributed by atoms with Crippen molar-refractivity contribution in [3.8, 4) is 0 Å². The van der Waals surface area contributed by atoms with E-state index in [0.29, 0.717) is 0 Å². The Labute approximate surface area is 162 Å². The maximum atomic E-state index is 12.9. The largest absolute Gasteiger partial charge is 0.295 e. The van der Waals surface area contributed by atoms with E-state index in [-0.39, 0.29) is 9.79 Å². The van der Waals surface area contributed by atoms with Crippen LogP contribution < -0.4 is 0 Å².